The molecule has 1 amide bonds. The van der Waals surface area contributed by atoms with Crippen molar-refractivity contribution in [2.75, 3.05) is 0 Å². The summed E-state index contributed by atoms with van der Waals surface area (Å²) in [5.41, 5.74) is 11.6. The van der Waals surface area contributed by atoms with Crippen molar-refractivity contribution in [3.8, 4) is 11.1 Å². The highest BCUT2D eigenvalue weighted by Gasteiger charge is 2.27. The van der Waals surface area contributed by atoms with Crippen molar-refractivity contribution in [1.82, 2.24) is 27.1 Å². The van der Waals surface area contributed by atoms with Gasteiger partial charge in [0.25, 0.3) is 0 Å². The molecule has 2 atom stereocenters. The standard InChI is InChI=1S/C26H27ClN6O3/c27-21-8-4-7-20(16-21)19-12-9-18(10-13-19)15-23(24(34)29-26-30-32-33-31-26)28-22(25(35)36)14-11-17-5-2-1-3-6-17/h1-10,12-13,16,22-23,28,32-33H,11,14-15H2,(H,35,36)(H2,29,30,31,34)/t22-,23?/m0/s1. The molecule has 0 radical (unpaired) electrons. The zero-order chi connectivity index (χ0) is 25.3. The molecule has 0 aliphatic carbocycles. The topological polar surface area (TPSA) is 127 Å². The van der Waals surface area contributed by atoms with Crippen molar-refractivity contribution in [2.24, 2.45) is 5.10 Å². The lowest BCUT2D eigenvalue weighted by molar-refractivity contribution is -0.140. The third kappa shape index (κ3) is 7.05. The van der Waals surface area contributed by atoms with Crippen molar-refractivity contribution in [1.29, 1.82) is 0 Å². The number of hydrogen-bond donors (Lipinski definition) is 6. The molecule has 186 valence electrons. The van der Waals surface area contributed by atoms with Crippen LogP contribution < -0.4 is 27.1 Å². The largest absolute Gasteiger partial charge is 0.480 e. The van der Waals surface area contributed by atoms with Crippen LogP contribution in [0.1, 0.15) is 17.5 Å². The molecule has 6 N–H and O–H groups in total. The second-order valence-electron chi connectivity index (χ2n) is 8.36. The van der Waals surface area contributed by atoms with Crippen LogP contribution >= 0.6 is 11.6 Å². The number of nitrogens with one attached hydrogen (secondary N) is 5. The average Bonchev–Trinajstić information content (AvgIpc) is 3.39. The third-order valence-corrected chi connectivity index (χ3v) is 6.01. The van der Waals surface area contributed by atoms with Crippen LogP contribution in [0.15, 0.2) is 84.0 Å². The van der Waals surface area contributed by atoms with E-state index in [0.29, 0.717) is 17.9 Å². The monoisotopic (exact) mass is 506 g/mol. The van der Waals surface area contributed by atoms with E-state index in [2.05, 4.69) is 32.2 Å². The zero-order valence-corrected chi connectivity index (χ0v) is 20.1. The van der Waals surface area contributed by atoms with Crippen molar-refractivity contribution >= 4 is 29.4 Å². The molecule has 9 nitrogen and oxygen atoms in total. The number of nitrogens with zero attached hydrogens (tertiary/aromatic N) is 1. The molecule has 0 fully saturated rings. The number of carboxylic acid groups (broad SMARTS) is 1. The van der Waals surface area contributed by atoms with Crippen LogP contribution in [0.4, 0.5) is 0 Å². The maximum atomic E-state index is 13.1. The Hall–Kier alpha value is -3.92. The highest BCUT2D eigenvalue weighted by atomic mass is 35.5. The number of amides is 1. The molecule has 0 aromatic heterocycles. The van der Waals surface area contributed by atoms with Crippen LogP contribution in [0.2, 0.25) is 5.02 Å². The summed E-state index contributed by atoms with van der Waals surface area (Å²) in [6.07, 6.45) is 1.18. The Morgan fingerprint density at radius 3 is 2.36 bits per heavy atom. The molecule has 1 unspecified atom stereocenters. The molecule has 1 aliphatic rings. The summed E-state index contributed by atoms with van der Waals surface area (Å²) in [6, 6.07) is 23.2. The number of hydrogen-bond acceptors (Lipinski definition) is 7. The quantitative estimate of drug-likeness (QED) is 0.249. The molecule has 36 heavy (non-hydrogen) atoms. The molecule has 0 bridgehead atoms. The van der Waals surface area contributed by atoms with E-state index in [0.717, 1.165) is 22.3 Å². The number of carbonyl (C=O) groups is 2. The predicted molar refractivity (Wildman–Crippen MR) is 139 cm³/mol. The van der Waals surface area contributed by atoms with E-state index in [-0.39, 0.29) is 12.4 Å². The summed E-state index contributed by atoms with van der Waals surface area (Å²) in [6.45, 7) is 0. The van der Waals surface area contributed by atoms with E-state index in [1.54, 1.807) is 0 Å². The molecule has 0 spiro atoms. The number of halogens is 1. The van der Waals surface area contributed by atoms with Crippen molar-refractivity contribution < 1.29 is 14.7 Å². The minimum atomic E-state index is -1.01. The Balaban J connectivity index is 1.49. The Kier molecular flexibility index (Phi) is 8.51. The maximum Gasteiger partial charge on any atom is 0.320 e. The lowest BCUT2D eigenvalue weighted by Crippen LogP contribution is -2.55. The fourth-order valence-corrected chi connectivity index (χ4v) is 4.09. The van der Waals surface area contributed by atoms with Gasteiger partial charge in [0.15, 0.2) is 0 Å². The van der Waals surface area contributed by atoms with Gasteiger partial charge in [-0.3, -0.25) is 25.6 Å². The van der Waals surface area contributed by atoms with E-state index in [9.17, 15) is 14.7 Å². The molecule has 3 aromatic rings. The van der Waals surface area contributed by atoms with E-state index in [1.165, 1.54) is 0 Å². The molecule has 1 heterocycles. The summed E-state index contributed by atoms with van der Waals surface area (Å²) in [5.74, 6) is -1.23. The first-order valence-corrected chi connectivity index (χ1v) is 11.9. The van der Waals surface area contributed by atoms with Gasteiger partial charge in [0, 0.05) is 5.02 Å². The van der Waals surface area contributed by atoms with Crippen molar-refractivity contribution in [3.63, 3.8) is 0 Å². The number of carboxylic acids is 1. The zero-order valence-electron chi connectivity index (χ0n) is 19.4. The van der Waals surface area contributed by atoms with Crippen LogP contribution in [-0.2, 0) is 22.4 Å². The summed E-state index contributed by atoms with van der Waals surface area (Å²) in [4.78, 5) is 25.1. The summed E-state index contributed by atoms with van der Waals surface area (Å²) in [7, 11) is 0. The molecular formula is C26H27ClN6O3. The number of hydrazone groups is 1. The number of aryl methyl sites for hydroxylation is 1. The van der Waals surface area contributed by atoms with Crippen LogP contribution in [0.5, 0.6) is 0 Å². The molecular weight excluding hydrogens is 480 g/mol. The molecule has 0 saturated heterocycles. The molecule has 1 aliphatic heterocycles. The summed E-state index contributed by atoms with van der Waals surface area (Å²) >= 11 is 6.11. The minimum Gasteiger partial charge on any atom is -0.480 e. The first kappa shape index (κ1) is 25.2. The van der Waals surface area contributed by atoms with Crippen LogP contribution in [0.3, 0.4) is 0 Å². The van der Waals surface area contributed by atoms with Gasteiger partial charge in [-0.1, -0.05) is 78.3 Å². The first-order chi connectivity index (χ1) is 17.5. The van der Waals surface area contributed by atoms with Crippen LogP contribution in [-0.4, -0.2) is 35.0 Å². The van der Waals surface area contributed by atoms with E-state index < -0.39 is 24.0 Å². The van der Waals surface area contributed by atoms with Gasteiger partial charge in [-0.2, -0.15) is 0 Å². The fourth-order valence-electron chi connectivity index (χ4n) is 3.90. The normalized spacial score (nSPS) is 14.2. The highest BCUT2D eigenvalue weighted by molar-refractivity contribution is 6.30. The summed E-state index contributed by atoms with van der Waals surface area (Å²) in [5, 5.41) is 20.1. The number of rotatable bonds is 10. The Morgan fingerprint density at radius 2 is 1.69 bits per heavy atom. The van der Waals surface area contributed by atoms with Crippen molar-refractivity contribution in [3.05, 3.63) is 95.0 Å². The number of guanidine groups is 1. The predicted octanol–water partition coefficient (Wildman–Crippen LogP) is 2.59. The second kappa shape index (κ2) is 12.2. The van der Waals surface area contributed by atoms with Gasteiger partial charge >= 0.3 is 5.97 Å². The van der Waals surface area contributed by atoms with Gasteiger partial charge < -0.3 is 5.11 Å². The Morgan fingerprint density at radius 1 is 0.917 bits per heavy atom. The number of hydrazine groups is 2. The van der Waals surface area contributed by atoms with Gasteiger partial charge in [-0.05, 0) is 53.6 Å². The molecule has 0 saturated carbocycles. The van der Waals surface area contributed by atoms with Crippen LogP contribution in [0, 0.1) is 0 Å². The van der Waals surface area contributed by atoms with Gasteiger partial charge in [0.05, 0.1) is 6.04 Å². The lowest BCUT2D eigenvalue weighted by atomic mass is 9.99. The Labute approximate surface area is 213 Å². The van der Waals surface area contributed by atoms with Crippen molar-refractivity contribution in [2.45, 2.75) is 31.3 Å². The fraction of sp³-hybridized carbons (Fsp3) is 0.192. The Bertz CT molecular complexity index is 1220. The van der Waals surface area contributed by atoms with Gasteiger partial charge in [0.2, 0.25) is 11.9 Å². The SMILES string of the molecule is O=C(NC1=NNNN1)C(Cc1ccc(-c2cccc(Cl)c2)cc1)N[C@@H](CCc1ccccc1)C(=O)O. The first-order valence-electron chi connectivity index (χ1n) is 11.5. The number of benzene rings is 3. The van der Waals surface area contributed by atoms with Gasteiger partial charge in [-0.15, -0.1) is 10.6 Å². The smallest absolute Gasteiger partial charge is 0.320 e. The average molecular weight is 507 g/mol. The van der Waals surface area contributed by atoms with Crippen LogP contribution in [0.25, 0.3) is 11.1 Å². The highest BCUT2D eigenvalue weighted by Crippen LogP contribution is 2.23. The number of carbonyl (C=O) groups excluding carboxylic acids is 1. The molecule has 3 aromatic carbocycles. The molecule has 10 heteroatoms. The summed E-state index contributed by atoms with van der Waals surface area (Å²) < 4.78 is 0. The van der Waals surface area contributed by atoms with Gasteiger partial charge in [-0.25, -0.2) is 5.53 Å². The maximum absolute atomic E-state index is 13.1. The second-order valence-corrected chi connectivity index (χ2v) is 8.79. The molecule has 4 rings (SSSR count). The van der Waals surface area contributed by atoms with E-state index in [1.807, 2.05) is 78.9 Å². The minimum absolute atomic E-state index is 0.194. The number of aliphatic carboxylic acids is 1. The van der Waals surface area contributed by atoms with E-state index >= 15 is 0 Å². The lowest BCUT2D eigenvalue weighted by Gasteiger charge is -2.23. The third-order valence-electron chi connectivity index (χ3n) is 5.78. The van der Waals surface area contributed by atoms with E-state index in [4.69, 9.17) is 11.6 Å². The van der Waals surface area contributed by atoms with Gasteiger partial charge in [0.1, 0.15) is 6.04 Å².